The highest BCUT2D eigenvalue weighted by molar-refractivity contribution is 7.80. The molecule has 0 amide bonds. The van der Waals surface area contributed by atoms with Crippen LogP contribution in [0.25, 0.3) is 0 Å². The zero-order valence-electron chi connectivity index (χ0n) is 12.1. The lowest BCUT2D eigenvalue weighted by atomic mass is 10.2. The van der Waals surface area contributed by atoms with Gasteiger partial charge in [0.1, 0.15) is 10.7 Å². The number of carbonyl (C=O) groups is 1. The van der Waals surface area contributed by atoms with Crippen LogP contribution in [-0.2, 0) is 9.63 Å². The van der Waals surface area contributed by atoms with Gasteiger partial charge in [0.25, 0.3) is 0 Å². The van der Waals surface area contributed by atoms with E-state index < -0.39 is 5.97 Å². The minimum Gasteiger partial charge on any atom is -0.480 e. The highest BCUT2D eigenvalue weighted by Gasteiger charge is 2.09. The molecule has 1 aromatic rings. The molecule has 0 unspecified atom stereocenters. The van der Waals surface area contributed by atoms with Gasteiger partial charge in [0.05, 0.1) is 5.02 Å². The predicted octanol–water partition coefficient (Wildman–Crippen LogP) is 3.68. The molecule has 0 atom stereocenters. The van der Waals surface area contributed by atoms with Crippen LogP contribution in [0.15, 0.2) is 42.0 Å². The third kappa shape index (κ3) is 5.16. The lowest BCUT2D eigenvalue weighted by Gasteiger charge is -2.10. The Balaban J connectivity index is 1.70. The molecule has 0 aromatic heterocycles. The molecule has 1 N–H and O–H groups in total. The topological polar surface area (TPSA) is 47.6 Å². The number of carbonyl (C=O) groups excluding carboxylic acids is 1. The van der Waals surface area contributed by atoms with Crippen LogP contribution in [0.5, 0.6) is 5.75 Å². The van der Waals surface area contributed by atoms with E-state index in [4.69, 9.17) is 33.4 Å². The van der Waals surface area contributed by atoms with Crippen molar-refractivity contribution in [2.24, 2.45) is 0 Å². The van der Waals surface area contributed by atoms with Crippen LogP contribution in [0, 0.1) is 6.92 Å². The summed E-state index contributed by atoms with van der Waals surface area (Å²) >= 11 is 11.1. The maximum absolute atomic E-state index is 11.6. The first-order chi connectivity index (χ1) is 10.5. The van der Waals surface area contributed by atoms with Gasteiger partial charge < -0.3 is 9.57 Å². The van der Waals surface area contributed by atoms with Crippen LogP contribution in [0.4, 0.5) is 0 Å². The molecule has 1 aromatic carbocycles. The molecule has 0 fully saturated rings. The average Bonchev–Trinajstić information content (AvgIpc) is 2.97. The largest absolute Gasteiger partial charge is 0.480 e. The number of hydrogen-bond donors (Lipinski definition) is 1. The van der Waals surface area contributed by atoms with Crippen molar-refractivity contribution in [1.29, 1.82) is 0 Å². The molecule has 116 valence electrons. The van der Waals surface area contributed by atoms with Crippen molar-refractivity contribution < 1.29 is 14.4 Å². The maximum Gasteiger partial charge on any atom is 0.369 e. The number of hydroxylamine groups is 1. The third-order valence-corrected chi connectivity index (χ3v) is 3.47. The zero-order valence-corrected chi connectivity index (χ0v) is 13.7. The SMILES string of the molecule is Cc1ccc(OCC(=O)ONC(=S)CC2=CC=CC2)c(Cl)c1. The van der Waals surface area contributed by atoms with E-state index in [1.807, 2.05) is 31.2 Å². The summed E-state index contributed by atoms with van der Waals surface area (Å²) in [4.78, 5) is 16.9. The van der Waals surface area contributed by atoms with Crippen molar-refractivity contribution in [3.05, 3.63) is 52.6 Å². The summed E-state index contributed by atoms with van der Waals surface area (Å²) < 4.78 is 5.31. The Bertz CT molecular complexity index is 640. The quantitative estimate of drug-likeness (QED) is 0.656. The van der Waals surface area contributed by atoms with Crippen molar-refractivity contribution in [1.82, 2.24) is 5.48 Å². The summed E-state index contributed by atoms with van der Waals surface area (Å²) in [5.41, 5.74) is 4.66. The second-order valence-corrected chi connectivity index (χ2v) is 5.76. The molecule has 0 saturated carbocycles. The van der Waals surface area contributed by atoms with E-state index in [1.165, 1.54) is 5.57 Å². The van der Waals surface area contributed by atoms with Gasteiger partial charge in [-0.2, -0.15) is 0 Å². The van der Waals surface area contributed by atoms with Crippen LogP contribution < -0.4 is 10.2 Å². The molecule has 0 bridgehead atoms. The first-order valence-electron chi connectivity index (χ1n) is 6.76. The zero-order chi connectivity index (χ0) is 15.9. The number of ether oxygens (including phenoxy) is 1. The Morgan fingerprint density at radius 3 is 2.95 bits per heavy atom. The molecule has 1 aliphatic carbocycles. The Morgan fingerprint density at radius 2 is 2.27 bits per heavy atom. The molecule has 4 nitrogen and oxygen atoms in total. The summed E-state index contributed by atoms with van der Waals surface area (Å²) in [7, 11) is 0. The number of aryl methyl sites for hydroxylation is 1. The third-order valence-electron chi connectivity index (χ3n) is 2.95. The predicted molar refractivity (Wildman–Crippen MR) is 90.0 cm³/mol. The number of thiocarbonyl (C=S) groups is 1. The molecule has 0 heterocycles. The minimum atomic E-state index is -0.572. The molecule has 22 heavy (non-hydrogen) atoms. The number of hydrogen-bond acceptors (Lipinski definition) is 4. The first kappa shape index (κ1) is 16.5. The van der Waals surface area contributed by atoms with Crippen molar-refractivity contribution in [3.63, 3.8) is 0 Å². The van der Waals surface area contributed by atoms with Gasteiger partial charge in [0.2, 0.25) is 0 Å². The fraction of sp³-hybridized carbons (Fsp3) is 0.250. The van der Waals surface area contributed by atoms with E-state index in [9.17, 15) is 4.79 Å². The van der Waals surface area contributed by atoms with Crippen LogP contribution >= 0.6 is 23.8 Å². The normalized spacial score (nSPS) is 12.7. The lowest BCUT2D eigenvalue weighted by molar-refractivity contribution is -0.150. The highest BCUT2D eigenvalue weighted by Crippen LogP contribution is 2.24. The van der Waals surface area contributed by atoms with Gasteiger partial charge in [-0.15, -0.1) is 0 Å². The van der Waals surface area contributed by atoms with E-state index in [0.29, 0.717) is 22.2 Å². The fourth-order valence-electron chi connectivity index (χ4n) is 1.87. The van der Waals surface area contributed by atoms with Crippen molar-refractivity contribution in [2.75, 3.05) is 6.61 Å². The number of nitrogens with one attached hydrogen (secondary N) is 1. The number of halogens is 1. The monoisotopic (exact) mass is 337 g/mol. The average molecular weight is 338 g/mol. The van der Waals surface area contributed by atoms with E-state index in [1.54, 1.807) is 12.1 Å². The number of allylic oxidation sites excluding steroid dienone is 3. The van der Waals surface area contributed by atoms with Gasteiger partial charge >= 0.3 is 5.97 Å². The second-order valence-electron chi connectivity index (χ2n) is 4.86. The van der Waals surface area contributed by atoms with Gasteiger partial charge in [-0.3, -0.25) is 0 Å². The van der Waals surface area contributed by atoms with E-state index in [-0.39, 0.29) is 6.61 Å². The van der Waals surface area contributed by atoms with E-state index in [0.717, 1.165) is 12.0 Å². The van der Waals surface area contributed by atoms with Gasteiger partial charge in [-0.05, 0) is 31.0 Å². The van der Waals surface area contributed by atoms with Crippen LogP contribution in [0.2, 0.25) is 5.02 Å². The van der Waals surface area contributed by atoms with Crippen LogP contribution in [0.1, 0.15) is 18.4 Å². The summed E-state index contributed by atoms with van der Waals surface area (Å²) in [5, 5.41) is 0.456. The van der Waals surface area contributed by atoms with Gasteiger partial charge in [0, 0.05) is 6.42 Å². The van der Waals surface area contributed by atoms with Crippen molar-refractivity contribution in [2.45, 2.75) is 19.8 Å². The van der Waals surface area contributed by atoms with Crippen molar-refractivity contribution in [3.8, 4) is 5.75 Å². The second kappa shape index (κ2) is 7.96. The standard InChI is InChI=1S/C16H16ClNO3S/c1-11-6-7-14(13(17)8-11)20-10-16(19)21-18-15(22)9-12-4-2-3-5-12/h2-4,6-8H,5,9-10H2,1H3,(H,18,22). The van der Waals surface area contributed by atoms with Crippen molar-refractivity contribution >= 4 is 34.8 Å². The molecule has 0 saturated heterocycles. The Morgan fingerprint density at radius 1 is 1.45 bits per heavy atom. The van der Waals surface area contributed by atoms with E-state index in [2.05, 4.69) is 5.48 Å². The Hall–Kier alpha value is -1.85. The van der Waals surface area contributed by atoms with Gasteiger partial charge in [-0.1, -0.05) is 53.7 Å². The molecule has 0 radical (unpaired) electrons. The number of benzene rings is 1. The minimum absolute atomic E-state index is 0.247. The molecule has 0 spiro atoms. The molecule has 2 rings (SSSR count). The van der Waals surface area contributed by atoms with Crippen LogP contribution in [-0.4, -0.2) is 17.6 Å². The smallest absolute Gasteiger partial charge is 0.369 e. The lowest BCUT2D eigenvalue weighted by Crippen LogP contribution is -2.28. The molecular formula is C16H16ClNO3S. The fourth-order valence-corrected chi connectivity index (χ4v) is 2.38. The number of rotatable bonds is 5. The van der Waals surface area contributed by atoms with E-state index >= 15 is 0 Å². The van der Waals surface area contributed by atoms with Gasteiger partial charge in [0.15, 0.2) is 6.61 Å². The summed E-state index contributed by atoms with van der Waals surface area (Å²) in [6, 6.07) is 5.32. The molecule has 0 aliphatic heterocycles. The van der Waals surface area contributed by atoms with Crippen LogP contribution in [0.3, 0.4) is 0 Å². The Labute approximate surface area is 139 Å². The Kier molecular flexibility index (Phi) is 5.98. The maximum atomic E-state index is 11.6. The summed E-state index contributed by atoms with van der Waals surface area (Å²) in [6.07, 6.45) is 7.47. The molecule has 6 heteroatoms. The molecule has 1 aliphatic rings. The van der Waals surface area contributed by atoms with Gasteiger partial charge in [-0.25, -0.2) is 10.3 Å². The summed E-state index contributed by atoms with van der Waals surface area (Å²) in [5.74, 6) is -0.133. The first-order valence-corrected chi connectivity index (χ1v) is 7.55. The summed E-state index contributed by atoms with van der Waals surface area (Å²) in [6.45, 7) is 1.67. The molecular weight excluding hydrogens is 322 g/mol. The highest BCUT2D eigenvalue weighted by atomic mass is 35.5.